The van der Waals surface area contributed by atoms with Crippen LogP contribution in [0.2, 0.25) is 0 Å². The predicted molar refractivity (Wildman–Crippen MR) is 74.5 cm³/mol. The molecular formula is C12H14INO4. The van der Waals surface area contributed by atoms with Crippen molar-refractivity contribution in [2.24, 2.45) is 0 Å². The number of rotatable bonds is 6. The van der Waals surface area contributed by atoms with E-state index in [0.717, 1.165) is 3.57 Å². The molecule has 1 atom stereocenters. The summed E-state index contributed by atoms with van der Waals surface area (Å²) in [6, 6.07) is 6.02. The number of carbonyl (C=O) groups excluding carboxylic acids is 1. The van der Waals surface area contributed by atoms with Gasteiger partial charge in [-0.05, 0) is 40.8 Å². The van der Waals surface area contributed by atoms with Crippen molar-refractivity contribution in [1.29, 1.82) is 0 Å². The van der Waals surface area contributed by atoms with Crippen molar-refractivity contribution in [3.8, 4) is 0 Å². The van der Waals surface area contributed by atoms with Gasteiger partial charge in [0.05, 0.1) is 0 Å². The first-order valence-corrected chi connectivity index (χ1v) is 6.40. The number of carboxylic acids is 1. The Bertz CT molecular complexity index is 436. The van der Waals surface area contributed by atoms with E-state index in [1.807, 2.05) is 6.07 Å². The molecule has 1 aromatic rings. The summed E-state index contributed by atoms with van der Waals surface area (Å²) in [5.74, 6) is -1.46. The zero-order chi connectivity index (χ0) is 13.5. The first-order valence-electron chi connectivity index (χ1n) is 5.32. The molecule has 0 spiro atoms. The molecule has 1 aromatic carbocycles. The van der Waals surface area contributed by atoms with Crippen LogP contribution in [0.25, 0.3) is 0 Å². The molecule has 1 rings (SSSR count). The number of methoxy groups -OCH3 is 1. The molecule has 0 bridgehead atoms. The Kier molecular flexibility index (Phi) is 6.06. The second-order valence-corrected chi connectivity index (χ2v) is 4.90. The number of amides is 1. The molecule has 1 amide bonds. The van der Waals surface area contributed by atoms with Gasteiger partial charge in [0.25, 0.3) is 5.91 Å². The number of hydrogen-bond acceptors (Lipinski definition) is 3. The van der Waals surface area contributed by atoms with Crippen molar-refractivity contribution in [3.63, 3.8) is 0 Å². The topological polar surface area (TPSA) is 75.6 Å². The molecule has 0 heterocycles. The fourth-order valence-corrected chi connectivity index (χ4v) is 1.91. The summed E-state index contributed by atoms with van der Waals surface area (Å²) in [5, 5.41) is 11.5. The first-order chi connectivity index (χ1) is 8.54. The Labute approximate surface area is 119 Å². The highest BCUT2D eigenvalue weighted by molar-refractivity contribution is 14.1. The number of carboxylic acid groups (broad SMARTS) is 1. The molecule has 0 aliphatic heterocycles. The molecule has 0 aromatic heterocycles. The third-order valence-corrected chi connectivity index (χ3v) is 2.97. The minimum atomic E-state index is -1.06. The van der Waals surface area contributed by atoms with Gasteiger partial charge in [0, 0.05) is 29.3 Å². The summed E-state index contributed by atoms with van der Waals surface area (Å²) in [4.78, 5) is 22.8. The number of carbonyl (C=O) groups is 2. The molecule has 1 unspecified atom stereocenters. The Morgan fingerprint density at radius 2 is 2.22 bits per heavy atom. The molecule has 0 fully saturated rings. The zero-order valence-corrected chi connectivity index (χ0v) is 12.0. The lowest BCUT2D eigenvalue weighted by atomic mass is 10.1. The van der Waals surface area contributed by atoms with E-state index in [0.29, 0.717) is 5.56 Å². The molecule has 0 aliphatic carbocycles. The van der Waals surface area contributed by atoms with Crippen LogP contribution >= 0.6 is 22.6 Å². The molecule has 0 saturated heterocycles. The first kappa shape index (κ1) is 14.9. The van der Waals surface area contributed by atoms with Gasteiger partial charge in [0.1, 0.15) is 6.04 Å². The van der Waals surface area contributed by atoms with Gasteiger partial charge in [-0.3, -0.25) is 4.79 Å². The SMILES string of the molecule is COCCC(NC(=O)c1cccc(I)c1)C(=O)O. The number of halogens is 1. The number of benzene rings is 1. The van der Waals surface area contributed by atoms with Crippen LogP contribution in [-0.4, -0.2) is 36.7 Å². The van der Waals surface area contributed by atoms with E-state index in [4.69, 9.17) is 9.84 Å². The van der Waals surface area contributed by atoms with Crippen molar-refractivity contribution < 1.29 is 19.4 Å². The van der Waals surface area contributed by atoms with Crippen molar-refractivity contribution in [1.82, 2.24) is 5.32 Å². The Balaban J connectivity index is 2.69. The van der Waals surface area contributed by atoms with E-state index in [1.165, 1.54) is 7.11 Å². The summed E-state index contributed by atoms with van der Waals surface area (Å²) in [6.45, 7) is 0.281. The average molecular weight is 363 g/mol. The molecule has 6 heteroatoms. The van der Waals surface area contributed by atoms with Crippen LogP contribution in [-0.2, 0) is 9.53 Å². The number of aliphatic carboxylic acids is 1. The van der Waals surface area contributed by atoms with Crippen LogP contribution in [0.3, 0.4) is 0 Å². The second-order valence-electron chi connectivity index (χ2n) is 3.66. The van der Waals surface area contributed by atoms with Crippen LogP contribution < -0.4 is 5.32 Å². The van der Waals surface area contributed by atoms with Gasteiger partial charge in [-0.2, -0.15) is 0 Å². The van der Waals surface area contributed by atoms with Gasteiger partial charge < -0.3 is 15.2 Å². The van der Waals surface area contributed by atoms with Gasteiger partial charge >= 0.3 is 5.97 Å². The summed E-state index contributed by atoms with van der Waals surface area (Å²) in [5.41, 5.74) is 0.450. The van der Waals surface area contributed by atoms with Crippen LogP contribution in [0, 0.1) is 3.57 Å². The van der Waals surface area contributed by atoms with E-state index in [1.54, 1.807) is 18.2 Å². The Morgan fingerprint density at radius 1 is 1.50 bits per heavy atom. The van der Waals surface area contributed by atoms with Gasteiger partial charge in [-0.15, -0.1) is 0 Å². The fraction of sp³-hybridized carbons (Fsp3) is 0.333. The van der Waals surface area contributed by atoms with Gasteiger partial charge in [0.15, 0.2) is 0 Å². The molecule has 98 valence electrons. The van der Waals surface area contributed by atoms with Gasteiger partial charge in [-0.25, -0.2) is 4.79 Å². The average Bonchev–Trinajstić information content (AvgIpc) is 2.33. The van der Waals surface area contributed by atoms with Gasteiger partial charge in [0.2, 0.25) is 0 Å². The van der Waals surface area contributed by atoms with E-state index < -0.39 is 17.9 Å². The maximum atomic E-state index is 11.9. The van der Waals surface area contributed by atoms with Crippen molar-refractivity contribution >= 4 is 34.5 Å². The summed E-state index contributed by atoms with van der Waals surface area (Å²) < 4.78 is 5.73. The predicted octanol–water partition coefficient (Wildman–Crippen LogP) is 1.51. The lowest BCUT2D eigenvalue weighted by molar-refractivity contribution is -0.139. The van der Waals surface area contributed by atoms with Crippen molar-refractivity contribution in [2.45, 2.75) is 12.5 Å². The smallest absolute Gasteiger partial charge is 0.326 e. The van der Waals surface area contributed by atoms with Crippen molar-refractivity contribution in [2.75, 3.05) is 13.7 Å². The molecular weight excluding hydrogens is 349 g/mol. The maximum absolute atomic E-state index is 11.9. The molecule has 0 saturated carbocycles. The summed E-state index contributed by atoms with van der Waals surface area (Å²) >= 11 is 2.09. The van der Waals surface area contributed by atoms with Crippen LogP contribution in [0.15, 0.2) is 24.3 Å². The summed E-state index contributed by atoms with van der Waals surface area (Å²) in [6.07, 6.45) is 0.238. The number of nitrogens with one attached hydrogen (secondary N) is 1. The van der Waals surface area contributed by atoms with E-state index in [2.05, 4.69) is 27.9 Å². The quantitative estimate of drug-likeness (QED) is 0.752. The van der Waals surface area contributed by atoms with E-state index >= 15 is 0 Å². The largest absolute Gasteiger partial charge is 0.480 e. The highest BCUT2D eigenvalue weighted by Gasteiger charge is 2.20. The third-order valence-electron chi connectivity index (χ3n) is 2.30. The van der Waals surface area contributed by atoms with Crippen LogP contribution in [0.1, 0.15) is 16.8 Å². The lowest BCUT2D eigenvalue weighted by Gasteiger charge is -2.14. The van der Waals surface area contributed by atoms with Crippen LogP contribution in [0.5, 0.6) is 0 Å². The molecule has 5 nitrogen and oxygen atoms in total. The molecule has 0 radical (unpaired) electrons. The van der Waals surface area contributed by atoms with E-state index in [-0.39, 0.29) is 13.0 Å². The third kappa shape index (κ3) is 4.61. The molecule has 18 heavy (non-hydrogen) atoms. The monoisotopic (exact) mass is 363 g/mol. The van der Waals surface area contributed by atoms with E-state index in [9.17, 15) is 9.59 Å². The van der Waals surface area contributed by atoms with Gasteiger partial charge in [-0.1, -0.05) is 6.07 Å². The number of hydrogen-bond donors (Lipinski definition) is 2. The molecule has 0 aliphatic rings. The number of ether oxygens (including phenoxy) is 1. The Morgan fingerprint density at radius 3 is 2.78 bits per heavy atom. The minimum Gasteiger partial charge on any atom is -0.480 e. The van der Waals surface area contributed by atoms with Crippen molar-refractivity contribution in [3.05, 3.63) is 33.4 Å². The highest BCUT2D eigenvalue weighted by atomic mass is 127. The Hall–Kier alpha value is -1.15. The lowest BCUT2D eigenvalue weighted by Crippen LogP contribution is -2.41. The highest BCUT2D eigenvalue weighted by Crippen LogP contribution is 2.08. The standard InChI is InChI=1S/C12H14INO4/c1-18-6-5-10(12(16)17)14-11(15)8-3-2-4-9(13)7-8/h2-4,7,10H,5-6H2,1H3,(H,14,15)(H,16,17). The van der Waals surface area contributed by atoms with Crippen LogP contribution in [0.4, 0.5) is 0 Å². The minimum absolute atomic E-state index is 0.238. The normalized spacial score (nSPS) is 11.9. The molecule has 2 N–H and O–H groups in total. The second kappa shape index (κ2) is 7.32. The maximum Gasteiger partial charge on any atom is 0.326 e. The zero-order valence-electron chi connectivity index (χ0n) is 9.85. The summed E-state index contributed by atoms with van der Waals surface area (Å²) in [7, 11) is 1.49. The fourth-order valence-electron chi connectivity index (χ4n) is 1.36.